The Morgan fingerprint density at radius 3 is 2.95 bits per heavy atom. The van der Waals surface area contributed by atoms with Crippen LogP contribution in [0.5, 0.6) is 0 Å². The van der Waals surface area contributed by atoms with Crippen LogP contribution in [0.1, 0.15) is 12.6 Å². The zero-order valence-electron chi connectivity index (χ0n) is 11.7. The number of fused-ring (bicyclic) bond motifs is 1. The van der Waals surface area contributed by atoms with E-state index in [1.165, 1.54) is 4.57 Å². The molecule has 3 atom stereocenters. The number of nitrogens with two attached hydrogens (primary N) is 2. The Kier molecular flexibility index (Phi) is 3.95. The second-order valence-electron chi connectivity index (χ2n) is 4.90. The molecule has 0 aliphatic carbocycles. The average Bonchev–Trinajstić information content (AvgIpc) is 3.00. The van der Waals surface area contributed by atoms with Crippen LogP contribution in [-0.2, 0) is 13.7 Å². The fourth-order valence-corrected chi connectivity index (χ4v) is 2.78. The van der Waals surface area contributed by atoms with Gasteiger partial charge >= 0.3 is 0 Å². The minimum atomic E-state index is -0.489. The van der Waals surface area contributed by atoms with E-state index in [4.69, 9.17) is 25.1 Å². The molecular weight excluding hydrogens is 312 g/mol. The van der Waals surface area contributed by atoms with Crippen molar-refractivity contribution in [1.29, 1.82) is 0 Å². The number of imidazole rings is 1. The molecule has 11 heteroatoms. The summed E-state index contributed by atoms with van der Waals surface area (Å²) in [6.45, 7) is 0.251. The van der Waals surface area contributed by atoms with Gasteiger partial charge in [0.2, 0.25) is 11.9 Å². The Bertz CT molecular complexity index is 746. The van der Waals surface area contributed by atoms with Gasteiger partial charge in [0, 0.05) is 13.5 Å². The monoisotopic (exact) mass is 328 g/mol. The first-order valence-corrected chi connectivity index (χ1v) is 6.89. The van der Waals surface area contributed by atoms with Crippen LogP contribution in [0, 0.1) is 0 Å². The molecule has 1 aliphatic rings. The van der Waals surface area contributed by atoms with Crippen LogP contribution >= 0.6 is 12.9 Å². The highest BCUT2D eigenvalue weighted by atomic mass is 32.1. The highest BCUT2D eigenvalue weighted by molar-refractivity contribution is 7.75. The summed E-state index contributed by atoms with van der Waals surface area (Å²) >= 11 is 3.73. The predicted molar refractivity (Wildman–Crippen MR) is 81.2 cm³/mol. The minimum Gasteiger partial charge on any atom is -0.378 e. The lowest BCUT2D eigenvalue weighted by molar-refractivity contribution is -0.0424. The normalized spacial score (nSPS) is 25.1. The first kappa shape index (κ1) is 15.1. The fraction of sp³-hybridized carbons (Fsp3) is 0.545. The van der Waals surface area contributed by atoms with Crippen molar-refractivity contribution in [1.82, 2.24) is 19.5 Å². The highest BCUT2D eigenvalue weighted by Gasteiger charge is 2.38. The third-order valence-corrected chi connectivity index (χ3v) is 3.76. The number of aromatic amines is 1. The number of anilines is 2. The van der Waals surface area contributed by atoms with Gasteiger partial charge in [-0.1, -0.05) is 0 Å². The zero-order valence-corrected chi connectivity index (χ0v) is 12.6. The molecule has 0 amide bonds. The second kappa shape index (κ2) is 5.76. The maximum Gasteiger partial charge on any atom is 0.280 e. The van der Waals surface area contributed by atoms with Crippen LogP contribution < -0.4 is 17.0 Å². The maximum atomic E-state index is 11.9. The van der Waals surface area contributed by atoms with Gasteiger partial charge in [-0.2, -0.15) is 4.98 Å². The van der Waals surface area contributed by atoms with Gasteiger partial charge in [-0.05, 0) is 12.9 Å². The van der Waals surface area contributed by atoms with Crippen molar-refractivity contribution in [3.8, 4) is 0 Å². The van der Waals surface area contributed by atoms with Gasteiger partial charge in [0.25, 0.3) is 5.56 Å². The third-order valence-electron chi connectivity index (χ3n) is 3.61. The summed E-state index contributed by atoms with van der Waals surface area (Å²) in [6, 6.07) is 0. The van der Waals surface area contributed by atoms with Crippen LogP contribution in [0.25, 0.3) is 11.2 Å². The molecule has 3 heterocycles. The van der Waals surface area contributed by atoms with Crippen molar-refractivity contribution in [2.75, 3.05) is 25.2 Å². The molecule has 2 unspecified atom stereocenters. The van der Waals surface area contributed by atoms with Crippen molar-refractivity contribution in [3.05, 3.63) is 10.4 Å². The van der Waals surface area contributed by atoms with E-state index in [9.17, 15) is 4.79 Å². The van der Waals surface area contributed by atoms with Crippen molar-refractivity contribution < 1.29 is 13.7 Å². The number of hydrogen-bond donors (Lipinski definition) is 4. The van der Waals surface area contributed by atoms with Gasteiger partial charge in [0.15, 0.2) is 11.2 Å². The molecule has 5 N–H and O–H groups in total. The Morgan fingerprint density at radius 2 is 2.27 bits per heavy atom. The van der Waals surface area contributed by atoms with E-state index in [1.54, 1.807) is 7.11 Å². The summed E-state index contributed by atoms with van der Waals surface area (Å²) in [5.41, 5.74) is 11.4. The summed E-state index contributed by atoms with van der Waals surface area (Å²) in [6.07, 6.45) is -0.503. The number of aromatic nitrogens is 4. The van der Waals surface area contributed by atoms with Gasteiger partial charge < -0.3 is 25.1 Å². The topological polar surface area (TPSA) is 143 Å². The second-order valence-corrected chi connectivity index (χ2v) is 5.16. The van der Waals surface area contributed by atoms with Gasteiger partial charge in [0.1, 0.15) is 12.3 Å². The standard InChI is InChI=1S/C11H16N6O4S/c1-19-4-2-6(21-5(4)3-20-22)17-8-7(14-11(17)13)9(18)16-10(12)15-8/h4-6,22H,2-3H2,1H3,(H2,13,14)(H3,12,15,16,18)/t4-,5?,6?/m1/s1. The van der Waals surface area contributed by atoms with Gasteiger partial charge in [-0.3, -0.25) is 14.3 Å². The lowest BCUT2D eigenvalue weighted by Crippen LogP contribution is -2.27. The quantitative estimate of drug-likeness (QED) is 0.432. The fourth-order valence-electron chi connectivity index (χ4n) is 2.63. The van der Waals surface area contributed by atoms with E-state index < -0.39 is 11.8 Å². The van der Waals surface area contributed by atoms with Crippen LogP contribution in [0.3, 0.4) is 0 Å². The summed E-state index contributed by atoms with van der Waals surface area (Å²) in [5.74, 6) is 0.0982. The van der Waals surface area contributed by atoms with Crippen LogP contribution in [-0.4, -0.2) is 45.4 Å². The number of hydrogen-bond acceptors (Lipinski definition) is 9. The average molecular weight is 328 g/mol. The van der Waals surface area contributed by atoms with Crippen molar-refractivity contribution >= 4 is 36.0 Å². The van der Waals surface area contributed by atoms with Crippen LogP contribution in [0.2, 0.25) is 0 Å². The molecule has 0 radical (unpaired) electrons. The van der Waals surface area contributed by atoms with E-state index in [2.05, 4.69) is 27.9 Å². The smallest absolute Gasteiger partial charge is 0.280 e. The first-order chi connectivity index (χ1) is 10.5. The third kappa shape index (κ3) is 2.41. The molecule has 22 heavy (non-hydrogen) atoms. The number of nitrogens with one attached hydrogen (secondary N) is 1. The molecule has 0 saturated carbocycles. The molecule has 120 valence electrons. The lowest BCUT2D eigenvalue weighted by atomic mass is 10.2. The Hall–Kier alpha value is -1.82. The number of nitrogens with zero attached hydrogens (tertiary/aromatic N) is 3. The molecule has 1 fully saturated rings. The van der Waals surface area contributed by atoms with Gasteiger partial charge in [-0.15, -0.1) is 0 Å². The summed E-state index contributed by atoms with van der Waals surface area (Å²) < 4.78 is 17.6. The molecule has 0 spiro atoms. The molecule has 2 aromatic rings. The SMILES string of the molecule is CO[C@@H]1CC(n2c(N)nc3c(=O)[nH]c(N)nc32)OC1COS. The van der Waals surface area contributed by atoms with E-state index in [0.29, 0.717) is 6.42 Å². The molecule has 1 aliphatic heterocycles. The number of ether oxygens (including phenoxy) is 2. The van der Waals surface area contributed by atoms with Crippen molar-refractivity contribution in [2.24, 2.45) is 0 Å². The van der Waals surface area contributed by atoms with E-state index in [-0.39, 0.29) is 41.9 Å². The maximum absolute atomic E-state index is 11.9. The van der Waals surface area contributed by atoms with Gasteiger partial charge in [-0.25, -0.2) is 4.98 Å². The van der Waals surface area contributed by atoms with Crippen molar-refractivity contribution in [3.63, 3.8) is 0 Å². The predicted octanol–water partition coefficient (Wildman–Crippen LogP) is -0.552. The molecule has 3 rings (SSSR count). The number of H-pyrrole nitrogens is 1. The van der Waals surface area contributed by atoms with E-state index >= 15 is 0 Å². The molecule has 10 nitrogen and oxygen atoms in total. The Labute approximate surface area is 130 Å². The van der Waals surface area contributed by atoms with Crippen LogP contribution in [0.15, 0.2) is 4.79 Å². The molecule has 0 bridgehead atoms. The Balaban J connectivity index is 2.04. The van der Waals surface area contributed by atoms with Gasteiger partial charge in [0.05, 0.1) is 12.7 Å². The largest absolute Gasteiger partial charge is 0.378 e. The molecular formula is C11H16N6O4S. The number of thiol groups is 1. The van der Waals surface area contributed by atoms with Crippen LogP contribution in [0.4, 0.5) is 11.9 Å². The minimum absolute atomic E-state index is 0.0184. The molecule has 0 aromatic carbocycles. The van der Waals surface area contributed by atoms with E-state index in [0.717, 1.165) is 0 Å². The summed E-state index contributed by atoms with van der Waals surface area (Å²) in [5, 5.41) is 0. The van der Waals surface area contributed by atoms with E-state index in [1.807, 2.05) is 0 Å². The summed E-state index contributed by atoms with van der Waals surface area (Å²) in [7, 11) is 1.58. The lowest BCUT2D eigenvalue weighted by Gasteiger charge is -2.16. The summed E-state index contributed by atoms with van der Waals surface area (Å²) in [4.78, 5) is 22.4. The molecule has 1 saturated heterocycles. The van der Waals surface area contributed by atoms with Crippen molar-refractivity contribution in [2.45, 2.75) is 24.9 Å². The number of rotatable bonds is 4. The number of methoxy groups -OCH3 is 1. The highest BCUT2D eigenvalue weighted by Crippen LogP contribution is 2.34. The first-order valence-electron chi connectivity index (χ1n) is 6.53. The Morgan fingerprint density at radius 1 is 1.50 bits per heavy atom. The zero-order chi connectivity index (χ0) is 15.9. The molecule has 2 aromatic heterocycles. The number of nitrogen functional groups attached to an aromatic ring is 2.